The Hall–Kier alpha value is -4.64. The molecule has 3 aliphatic carbocycles. The van der Waals surface area contributed by atoms with Gasteiger partial charge in [0.1, 0.15) is 11.3 Å². The van der Waals surface area contributed by atoms with Crippen molar-refractivity contribution in [1.82, 2.24) is 19.9 Å². The number of hydrogen-bond donors (Lipinski definition) is 1. The Kier molecular flexibility index (Phi) is 8.47. The van der Waals surface area contributed by atoms with Gasteiger partial charge in [0.2, 0.25) is 17.5 Å². The lowest BCUT2D eigenvalue weighted by Crippen LogP contribution is -2.52. The maximum absolute atomic E-state index is 14.4. The Bertz CT molecular complexity index is 2270. The summed E-state index contributed by atoms with van der Waals surface area (Å²) < 4.78 is 42.7. The first-order chi connectivity index (χ1) is 24.7. The van der Waals surface area contributed by atoms with Crippen molar-refractivity contribution in [2.45, 2.75) is 89.9 Å². The summed E-state index contributed by atoms with van der Waals surface area (Å²) in [5, 5.41) is 0. The summed E-state index contributed by atoms with van der Waals surface area (Å²) in [5.74, 6) is 1.45. The number of rotatable bonds is 5. The maximum atomic E-state index is 14.4. The Morgan fingerprint density at radius 2 is 1.69 bits per heavy atom. The molecule has 2 atom stereocenters. The molecule has 0 saturated heterocycles. The average Bonchev–Trinajstić information content (AvgIpc) is 3.50. The van der Waals surface area contributed by atoms with Crippen LogP contribution >= 0.6 is 0 Å². The van der Waals surface area contributed by atoms with E-state index in [9.17, 15) is 13.2 Å². The van der Waals surface area contributed by atoms with E-state index in [1.807, 2.05) is 38.1 Å². The third-order valence-corrected chi connectivity index (χ3v) is 12.6. The second kappa shape index (κ2) is 12.8. The van der Waals surface area contributed by atoms with Crippen molar-refractivity contribution in [3.63, 3.8) is 0 Å². The molecule has 10 nitrogen and oxygen atoms in total. The highest BCUT2D eigenvalue weighted by atomic mass is 32.2. The lowest BCUT2D eigenvalue weighted by molar-refractivity contribution is -0.125. The van der Waals surface area contributed by atoms with Crippen molar-refractivity contribution in [1.29, 1.82) is 0 Å². The van der Waals surface area contributed by atoms with Gasteiger partial charge in [-0.15, -0.1) is 0 Å². The monoisotopic (exact) mass is 719 g/mol. The fraction of sp³-hybridized carbons (Fsp3) is 0.439. The molecule has 3 aromatic heterocycles. The molecule has 1 aliphatic heterocycles. The summed E-state index contributed by atoms with van der Waals surface area (Å²) in [6.07, 6.45) is 8.18. The molecule has 4 aliphatic rings. The predicted octanol–water partition coefficient (Wildman–Crippen LogP) is 8.42. The number of hydrogen-bond acceptors (Lipinski definition) is 9. The number of sulfonamides is 1. The predicted molar refractivity (Wildman–Crippen MR) is 199 cm³/mol. The highest BCUT2D eigenvalue weighted by Gasteiger charge is 2.56. The number of aryl methyl sites for hydroxylation is 2. The van der Waals surface area contributed by atoms with E-state index in [0.29, 0.717) is 58.9 Å². The summed E-state index contributed by atoms with van der Waals surface area (Å²) >= 11 is 0. The molecule has 0 radical (unpaired) electrons. The molecular formula is C41H45N5O5S. The van der Waals surface area contributed by atoms with E-state index in [1.54, 1.807) is 24.4 Å². The van der Waals surface area contributed by atoms with E-state index in [-0.39, 0.29) is 28.0 Å². The van der Waals surface area contributed by atoms with Crippen LogP contribution in [-0.4, -0.2) is 40.7 Å². The summed E-state index contributed by atoms with van der Waals surface area (Å²) in [6.45, 7) is 10.6. The molecule has 2 aromatic carbocycles. The summed E-state index contributed by atoms with van der Waals surface area (Å²) in [4.78, 5) is 33.0. The van der Waals surface area contributed by atoms with Crippen LogP contribution in [0.25, 0.3) is 22.5 Å². The van der Waals surface area contributed by atoms with Crippen molar-refractivity contribution < 1.29 is 22.4 Å². The van der Waals surface area contributed by atoms with Gasteiger partial charge in [0.25, 0.3) is 10.0 Å². The average molecular weight is 720 g/mol. The van der Waals surface area contributed by atoms with E-state index in [2.05, 4.69) is 40.4 Å². The maximum Gasteiger partial charge on any atom is 0.264 e. The van der Waals surface area contributed by atoms with Gasteiger partial charge in [-0.3, -0.25) is 4.79 Å². The van der Waals surface area contributed by atoms with E-state index in [1.165, 1.54) is 31.4 Å². The first-order valence-electron chi connectivity index (χ1n) is 18.3. The normalized spacial score (nSPS) is 24.1. The number of furan rings is 1. The van der Waals surface area contributed by atoms with Crippen LogP contribution in [0.4, 0.5) is 5.95 Å². The first-order valence-corrected chi connectivity index (χ1v) is 19.7. The summed E-state index contributed by atoms with van der Waals surface area (Å²) in [5.41, 5.74) is 5.79. The highest BCUT2D eigenvalue weighted by molar-refractivity contribution is 7.92. The molecule has 9 rings (SSSR count). The Balaban J connectivity index is 1.17. The molecule has 11 heteroatoms. The lowest BCUT2D eigenvalue weighted by atomic mass is 9.42. The van der Waals surface area contributed by atoms with Gasteiger partial charge < -0.3 is 9.15 Å². The topological polar surface area (TPSA) is 137 Å². The van der Waals surface area contributed by atoms with Crippen LogP contribution < -0.4 is 9.46 Å². The van der Waals surface area contributed by atoms with Crippen molar-refractivity contribution >= 4 is 33.0 Å². The van der Waals surface area contributed by atoms with Crippen LogP contribution in [0.1, 0.15) is 92.2 Å². The van der Waals surface area contributed by atoms with E-state index in [0.717, 1.165) is 41.2 Å². The number of benzene rings is 2. The number of nitrogens with one attached hydrogen (secondary N) is 1. The van der Waals surface area contributed by atoms with Crippen molar-refractivity contribution in [3.05, 3.63) is 88.9 Å². The zero-order valence-electron chi connectivity index (χ0n) is 30.4. The van der Waals surface area contributed by atoms with Crippen LogP contribution in [0.2, 0.25) is 0 Å². The molecule has 0 spiro atoms. The highest BCUT2D eigenvalue weighted by Crippen LogP contribution is 2.67. The minimum atomic E-state index is -4.17. The SMILES string of the molecule is Cc1cccc(C)c1-c1cc2nc(n1)NS(=O)(=O)c1cccc(c1)C(=O)C(Cc1cnc3oc(C(C)(C)C)cc3n1)CC[C@H](CC13CC(C1)C3)CO2. The van der Waals surface area contributed by atoms with Gasteiger partial charge in [-0.2, -0.15) is 4.98 Å². The summed E-state index contributed by atoms with van der Waals surface area (Å²) in [7, 11) is -4.17. The molecule has 1 N–H and O–H groups in total. The largest absolute Gasteiger partial charge is 0.477 e. The van der Waals surface area contributed by atoms with Crippen molar-refractivity contribution in [2.75, 3.05) is 11.3 Å². The molecule has 0 amide bonds. The van der Waals surface area contributed by atoms with E-state index in [4.69, 9.17) is 14.1 Å². The zero-order chi connectivity index (χ0) is 36.4. The third kappa shape index (κ3) is 6.71. The number of aromatic nitrogens is 4. The fourth-order valence-electron chi connectivity index (χ4n) is 8.43. The first kappa shape index (κ1) is 34.4. The Morgan fingerprint density at radius 3 is 2.40 bits per heavy atom. The number of ether oxygens (including phenoxy) is 1. The smallest absolute Gasteiger partial charge is 0.264 e. The van der Waals surface area contributed by atoms with Crippen LogP contribution in [0.3, 0.4) is 0 Å². The molecule has 6 bridgehead atoms. The molecular weight excluding hydrogens is 675 g/mol. The second-order valence-corrected chi connectivity index (χ2v) is 18.1. The molecule has 270 valence electrons. The van der Waals surface area contributed by atoms with Gasteiger partial charge in [-0.1, -0.05) is 51.1 Å². The number of nitrogens with zero attached hydrogens (tertiary/aromatic N) is 4. The van der Waals surface area contributed by atoms with Gasteiger partial charge in [-0.05, 0) is 92.9 Å². The zero-order valence-corrected chi connectivity index (χ0v) is 31.2. The number of ketones is 1. The van der Waals surface area contributed by atoms with Gasteiger partial charge in [0.05, 0.1) is 29.1 Å². The molecule has 3 saturated carbocycles. The third-order valence-electron chi connectivity index (χ3n) is 11.2. The standard InChI is InChI=1S/C41H45N5O5S/c1-24-8-6-9-25(2)36(24)32-17-35-45-39(44-32)46-52(48,49)31-11-7-10-28(15-31)37(47)29(13-12-26(23-50-35)18-41-19-27(20-41)21-41)14-30-22-42-38-33(43-30)16-34(51-38)40(3,4)5/h6-11,15-17,22,26-27,29H,12-14,18-21,23H2,1-5H3,(H,44,45,46)/t26-,27?,29?,41?/m1/s1. The molecule has 1 unspecified atom stereocenters. The van der Waals surface area contributed by atoms with Crippen molar-refractivity contribution in [2.24, 2.45) is 23.2 Å². The van der Waals surface area contributed by atoms with Crippen LogP contribution in [0, 0.1) is 37.0 Å². The van der Waals surface area contributed by atoms with Crippen LogP contribution in [-0.2, 0) is 21.9 Å². The van der Waals surface area contributed by atoms with Gasteiger partial charge in [0, 0.05) is 41.0 Å². The minimum absolute atomic E-state index is 0.0497. The number of carbonyl (C=O) groups excluding carboxylic acids is 1. The van der Waals surface area contributed by atoms with E-state index < -0.39 is 15.9 Å². The van der Waals surface area contributed by atoms with Crippen LogP contribution in [0.15, 0.2) is 70.1 Å². The molecule has 5 aromatic rings. The molecule has 4 heterocycles. The number of fused-ring (bicyclic) bond motifs is 5. The quantitative estimate of drug-likeness (QED) is 0.190. The Morgan fingerprint density at radius 1 is 0.942 bits per heavy atom. The minimum Gasteiger partial charge on any atom is -0.477 e. The van der Waals surface area contributed by atoms with Gasteiger partial charge in [0.15, 0.2) is 5.78 Å². The molecule has 52 heavy (non-hydrogen) atoms. The number of carbonyl (C=O) groups is 1. The van der Waals surface area contributed by atoms with Crippen LogP contribution in [0.5, 0.6) is 5.88 Å². The summed E-state index contributed by atoms with van der Waals surface area (Å²) in [6, 6.07) is 15.9. The van der Waals surface area contributed by atoms with Gasteiger partial charge in [-0.25, -0.2) is 28.1 Å². The fourth-order valence-corrected chi connectivity index (χ4v) is 9.42. The second-order valence-electron chi connectivity index (χ2n) is 16.4. The van der Waals surface area contributed by atoms with Gasteiger partial charge >= 0.3 is 0 Å². The number of Topliss-reactive ketones (excluding diaryl/α,β-unsaturated/α-hetero) is 1. The molecule has 3 fully saturated rings. The van der Waals surface area contributed by atoms with Crippen molar-refractivity contribution in [3.8, 4) is 17.1 Å². The Labute approximate surface area is 304 Å². The lowest BCUT2D eigenvalue weighted by Gasteiger charge is -2.63. The van der Waals surface area contributed by atoms with E-state index >= 15 is 0 Å². The number of anilines is 1.